The van der Waals surface area contributed by atoms with Crippen LogP contribution in [0.3, 0.4) is 0 Å². The molecule has 9 heteroatoms. The minimum atomic E-state index is -1.22. The van der Waals surface area contributed by atoms with Gasteiger partial charge in [-0.05, 0) is 30.7 Å². The smallest absolute Gasteiger partial charge is 0.325 e. The first-order valence-electron chi connectivity index (χ1n) is 9.77. The maximum absolute atomic E-state index is 13.1. The Kier molecular flexibility index (Phi) is 5.10. The fourth-order valence-electron chi connectivity index (χ4n) is 3.92. The zero-order valence-corrected chi connectivity index (χ0v) is 17.2. The third-order valence-electron chi connectivity index (χ3n) is 5.45. The predicted octanol–water partition coefficient (Wildman–Crippen LogP) is 1.53. The second kappa shape index (κ2) is 7.75. The maximum atomic E-state index is 13.1. The van der Waals surface area contributed by atoms with Gasteiger partial charge in [0.2, 0.25) is 11.8 Å². The number of amides is 5. The number of carbonyl (C=O) groups is 4. The van der Waals surface area contributed by atoms with Gasteiger partial charge in [-0.15, -0.1) is 0 Å². The lowest BCUT2D eigenvalue weighted by atomic mass is 9.92. The van der Waals surface area contributed by atoms with Gasteiger partial charge in [-0.25, -0.2) is 4.79 Å². The molecule has 31 heavy (non-hydrogen) atoms. The molecule has 0 spiro atoms. The van der Waals surface area contributed by atoms with E-state index in [2.05, 4.69) is 10.6 Å². The summed E-state index contributed by atoms with van der Waals surface area (Å²) in [4.78, 5) is 52.9. The molecule has 2 N–H and O–H groups in total. The normalized spacial score (nSPS) is 20.3. The van der Waals surface area contributed by atoms with E-state index in [0.717, 1.165) is 10.5 Å². The van der Waals surface area contributed by atoms with Gasteiger partial charge in [0.25, 0.3) is 5.91 Å². The SMILES string of the molecule is COc1ccccc1C[C@@]1(C)NC(=O)N(CC(=O)N2CC(=O)Nc3ccccc32)C1=O. The van der Waals surface area contributed by atoms with Crippen LogP contribution in [0.15, 0.2) is 48.5 Å². The molecule has 4 rings (SSSR count). The molecular weight excluding hydrogens is 400 g/mol. The van der Waals surface area contributed by atoms with Crippen LogP contribution in [0.5, 0.6) is 5.75 Å². The van der Waals surface area contributed by atoms with Crippen molar-refractivity contribution in [2.45, 2.75) is 18.9 Å². The van der Waals surface area contributed by atoms with Gasteiger partial charge in [-0.1, -0.05) is 30.3 Å². The van der Waals surface area contributed by atoms with Gasteiger partial charge in [0.15, 0.2) is 0 Å². The zero-order chi connectivity index (χ0) is 22.2. The van der Waals surface area contributed by atoms with Crippen molar-refractivity contribution in [2.75, 3.05) is 30.4 Å². The van der Waals surface area contributed by atoms with Crippen molar-refractivity contribution >= 4 is 35.1 Å². The lowest BCUT2D eigenvalue weighted by molar-refractivity contribution is -0.134. The highest BCUT2D eigenvalue weighted by molar-refractivity contribution is 6.14. The first-order valence-corrected chi connectivity index (χ1v) is 9.77. The molecule has 0 aliphatic carbocycles. The third-order valence-corrected chi connectivity index (χ3v) is 5.45. The molecule has 9 nitrogen and oxygen atoms in total. The minimum Gasteiger partial charge on any atom is -0.496 e. The monoisotopic (exact) mass is 422 g/mol. The summed E-state index contributed by atoms with van der Waals surface area (Å²) < 4.78 is 5.34. The number of hydrogen-bond donors (Lipinski definition) is 2. The number of benzene rings is 2. The Bertz CT molecular complexity index is 1090. The zero-order valence-electron chi connectivity index (χ0n) is 17.2. The van der Waals surface area contributed by atoms with Crippen LogP contribution in [-0.4, -0.2) is 54.4 Å². The summed E-state index contributed by atoms with van der Waals surface area (Å²) in [6.45, 7) is 0.972. The molecule has 2 aliphatic heterocycles. The fourth-order valence-corrected chi connectivity index (χ4v) is 3.92. The number of hydrogen-bond acceptors (Lipinski definition) is 5. The van der Waals surface area contributed by atoms with E-state index in [1.54, 1.807) is 37.3 Å². The average molecular weight is 422 g/mol. The van der Waals surface area contributed by atoms with Gasteiger partial charge in [0.1, 0.15) is 24.4 Å². The van der Waals surface area contributed by atoms with Crippen molar-refractivity contribution < 1.29 is 23.9 Å². The van der Waals surface area contributed by atoms with Gasteiger partial charge < -0.3 is 15.4 Å². The van der Waals surface area contributed by atoms with E-state index >= 15 is 0 Å². The highest BCUT2D eigenvalue weighted by atomic mass is 16.5. The summed E-state index contributed by atoms with van der Waals surface area (Å²) in [5, 5.41) is 5.40. The molecule has 2 heterocycles. The Morgan fingerprint density at radius 2 is 1.81 bits per heavy atom. The van der Waals surface area contributed by atoms with E-state index in [-0.39, 0.29) is 18.9 Å². The number of fused-ring (bicyclic) bond motifs is 1. The standard InChI is InChI=1S/C22H22N4O5/c1-22(11-14-7-3-6-10-17(14)31-2)20(29)26(21(30)24-22)13-19(28)25-12-18(27)23-15-8-4-5-9-16(15)25/h3-10H,11-13H2,1-2H3,(H,23,27)(H,24,30)/t22-/m1/s1. The molecule has 0 unspecified atom stereocenters. The Labute approximate surface area is 179 Å². The lowest BCUT2D eigenvalue weighted by Gasteiger charge is -2.30. The molecule has 0 bridgehead atoms. The number of nitrogens with zero attached hydrogens (tertiary/aromatic N) is 2. The van der Waals surface area contributed by atoms with Crippen molar-refractivity contribution in [1.29, 1.82) is 0 Å². The van der Waals surface area contributed by atoms with Crippen LogP contribution >= 0.6 is 0 Å². The quantitative estimate of drug-likeness (QED) is 0.711. The first kappa shape index (κ1) is 20.4. The maximum Gasteiger partial charge on any atom is 0.325 e. The molecule has 0 aromatic heterocycles. The van der Waals surface area contributed by atoms with E-state index in [1.807, 2.05) is 18.2 Å². The Hall–Kier alpha value is -3.88. The number of ether oxygens (including phenoxy) is 1. The van der Waals surface area contributed by atoms with Gasteiger partial charge in [0.05, 0.1) is 18.5 Å². The minimum absolute atomic E-state index is 0.183. The topological polar surface area (TPSA) is 108 Å². The molecule has 0 radical (unpaired) electrons. The Morgan fingerprint density at radius 1 is 1.10 bits per heavy atom. The van der Waals surface area contributed by atoms with Crippen LogP contribution in [0.2, 0.25) is 0 Å². The number of nitrogens with one attached hydrogen (secondary N) is 2. The van der Waals surface area contributed by atoms with Crippen molar-refractivity contribution in [2.24, 2.45) is 0 Å². The second-order valence-corrected chi connectivity index (χ2v) is 7.69. The van der Waals surface area contributed by atoms with Crippen molar-refractivity contribution in [1.82, 2.24) is 10.2 Å². The number of imide groups is 1. The molecule has 160 valence electrons. The number of para-hydroxylation sites is 3. The van der Waals surface area contributed by atoms with E-state index < -0.39 is 29.9 Å². The highest BCUT2D eigenvalue weighted by Crippen LogP contribution is 2.30. The second-order valence-electron chi connectivity index (χ2n) is 7.69. The Morgan fingerprint density at radius 3 is 2.58 bits per heavy atom. The van der Waals surface area contributed by atoms with Crippen LogP contribution in [0.25, 0.3) is 0 Å². The number of anilines is 2. The molecule has 2 aromatic rings. The fraction of sp³-hybridized carbons (Fsp3) is 0.273. The first-order chi connectivity index (χ1) is 14.8. The van der Waals surface area contributed by atoms with Crippen LogP contribution in [-0.2, 0) is 20.8 Å². The summed E-state index contributed by atoms with van der Waals surface area (Å²) in [5.41, 5.74) is 0.570. The van der Waals surface area contributed by atoms with E-state index in [1.165, 1.54) is 12.0 Å². The number of rotatable bonds is 5. The molecule has 1 saturated heterocycles. The van der Waals surface area contributed by atoms with Gasteiger partial charge in [-0.3, -0.25) is 24.2 Å². The van der Waals surface area contributed by atoms with Crippen molar-refractivity contribution in [3.8, 4) is 5.75 Å². The van der Waals surface area contributed by atoms with Gasteiger partial charge >= 0.3 is 6.03 Å². The number of urea groups is 1. The summed E-state index contributed by atoms with van der Waals surface area (Å²) in [7, 11) is 1.54. The van der Waals surface area contributed by atoms with E-state index in [0.29, 0.717) is 17.1 Å². The summed E-state index contributed by atoms with van der Waals surface area (Å²) in [5.74, 6) is -0.764. The summed E-state index contributed by atoms with van der Waals surface area (Å²) in [6, 6.07) is 13.5. The predicted molar refractivity (Wildman–Crippen MR) is 113 cm³/mol. The van der Waals surface area contributed by atoms with Crippen LogP contribution < -0.4 is 20.3 Å². The largest absolute Gasteiger partial charge is 0.496 e. The average Bonchev–Trinajstić information content (AvgIpc) is 2.96. The third kappa shape index (κ3) is 3.70. The summed E-state index contributed by atoms with van der Waals surface area (Å²) in [6.07, 6.45) is 0.210. The molecule has 2 aliphatic rings. The highest BCUT2D eigenvalue weighted by Gasteiger charge is 2.49. The Balaban J connectivity index is 1.53. The van der Waals surface area contributed by atoms with Crippen LogP contribution in [0.1, 0.15) is 12.5 Å². The van der Waals surface area contributed by atoms with Gasteiger partial charge in [-0.2, -0.15) is 0 Å². The lowest BCUT2D eigenvalue weighted by Crippen LogP contribution is -2.49. The van der Waals surface area contributed by atoms with Gasteiger partial charge in [0, 0.05) is 6.42 Å². The number of methoxy groups -OCH3 is 1. The molecule has 2 aromatic carbocycles. The molecule has 0 saturated carbocycles. The molecule has 1 fully saturated rings. The van der Waals surface area contributed by atoms with E-state index in [9.17, 15) is 19.2 Å². The van der Waals surface area contributed by atoms with Crippen LogP contribution in [0.4, 0.5) is 16.2 Å². The van der Waals surface area contributed by atoms with Crippen molar-refractivity contribution in [3.63, 3.8) is 0 Å². The van der Waals surface area contributed by atoms with Crippen molar-refractivity contribution in [3.05, 3.63) is 54.1 Å². The number of carbonyl (C=O) groups excluding carboxylic acids is 4. The summed E-state index contributed by atoms with van der Waals surface area (Å²) >= 11 is 0. The molecular formula is C22H22N4O5. The van der Waals surface area contributed by atoms with Crippen LogP contribution in [0, 0.1) is 0 Å². The van der Waals surface area contributed by atoms with E-state index in [4.69, 9.17) is 4.74 Å². The molecule has 1 atom stereocenters. The molecule has 5 amide bonds.